The largest absolute Gasteiger partial charge is 0.454 e. The predicted molar refractivity (Wildman–Crippen MR) is 98.7 cm³/mol. The minimum absolute atomic E-state index is 0.0158. The molecule has 2 aliphatic rings. The molecule has 3 aromatic rings. The van der Waals surface area contributed by atoms with Crippen molar-refractivity contribution in [2.45, 2.75) is 5.92 Å². The molecule has 0 saturated carbocycles. The highest BCUT2D eigenvalue weighted by atomic mass is 35.5. The van der Waals surface area contributed by atoms with Crippen LogP contribution in [-0.2, 0) is 0 Å². The van der Waals surface area contributed by atoms with Crippen molar-refractivity contribution in [3.05, 3.63) is 64.3 Å². The standard InChI is InChI=1S/C19H12ClN5O3/c20-12-5-14-13(26-8-27-14)4-10(12)15-11(6-21)18(22)28-19-16(15)17(24-25-19)9-2-1-3-23-7-9/h1-5,7,15H,8,22H2,(H,24,25). The zero-order valence-electron chi connectivity index (χ0n) is 14.3. The lowest BCUT2D eigenvalue weighted by Crippen LogP contribution is -2.21. The van der Waals surface area contributed by atoms with E-state index in [1.807, 2.05) is 12.1 Å². The molecule has 5 rings (SSSR count). The predicted octanol–water partition coefficient (Wildman–Crippen LogP) is 3.07. The summed E-state index contributed by atoms with van der Waals surface area (Å²) >= 11 is 6.55. The number of ether oxygens (including phenoxy) is 3. The lowest BCUT2D eigenvalue weighted by molar-refractivity contribution is 0.174. The number of nitrogens with two attached hydrogens (primary N) is 1. The van der Waals surface area contributed by atoms with Crippen molar-refractivity contribution in [3.8, 4) is 34.7 Å². The van der Waals surface area contributed by atoms with Gasteiger partial charge in [0.1, 0.15) is 11.6 Å². The van der Waals surface area contributed by atoms with Crippen LogP contribution in [0.15, 0.2) is 48.1 Å². The fraction of sp³-hybridized carbons (Fsp3) is 0.105. The van der Waals surface area contributed by atoms with Crippen LogP contribution in [0, 0.1) is 11.3 Å². The van der Waals surface area contributed by atoms with Crippen molar-refractivity contribution in [2.75, 3.05) is 6.79 Å². The van der Waals surface area contributed by atoms with Crippen LogP contribution >= 0.6 is 11.6 Å². The number of H-pyrrole nitrogens is 1. The van der Waals surface area contributed by atoms with Gasteiger partial charge in [-0.25, -0.2) is 0 Å². The van der Waals surface area contributed by atoms with E-state index in [9.17, 15) is 5.26 Å². The maximum absolute atomic E-state index is 9.79. The number of aromatic nitrogens is 3. The van der Waals surface area contributed by atoms with Gasteiger partial charge in [0.15, 0.2) is 11.5 Å². The minimum Gasteiger partial charge on any atom is -0.454 e. The van der Waals surface area contributed by atoms with Crippen LogP contribution in [0.5, 0.6) is 17.4 Å². The first-order valence-corrected chi connectivity index (χ1v) is 8.70. The van der Waals surface area contributed by atoms with E-state index >= 15 is 0 Å². The Kier molecular flexibility index (Phi) is 3.64. The Hall–Kier alpha value is -3.70. The lowest BCUT2D eigenvalue weighted by Gasteiger charge is -2.25. The number of nitrogens with one attached hydrogen (secondary N) is 1. The SMILES string of the molecule is N#CC1=C(N)Oc2n[nH]c(-c3cccnc3)c2C1c1cc2c(cc1Cl)OCO2. The molecule has 2 aliphatic heterocycles. The summed E-state index contributed by atoms with van der Waals surface area (Å²) in [6.45, 7) is 0.115. The van der Waals surface area contributed by atoms with Gasteiger partial charge in [0.25, 0.3) is 0 Å². The number of pyridine rings is 1. The Bertz CT molecular complexity index is 1170. The topological polar surface area (TPSA) is 119 Å². The molecular formula is C19H12ClN5O3. The van der Waals surface area contributed by atoms with Crippen molar-refractivity contribution < 1.29 is 14.2 Å². The molecule has 2 aromatic heterocycles. The van der Waals surface area contributed by atoms with Gasteiger partial charge in [-0.1, -0.05) is 11.6 Å². The number of rotatable bonds is 2. The van der Waals surface area contributed by atoms with Gasteiger partial charge in [-0.3, -0.25) is 10.1 Å². The van der Waals surface area contributed by atoms with Crippen LogP contribution in [0.3, 0.4) is 0 Å². The molecule has 1 unspecified atom stereocenters. The Labute approximate surface area is 164 Å². The van der Waals surface area contributed by atoms with Crippen LogP contribution < -0.4 is 19.9 Å². The minimum atomic E-state index is -0.593. The maximum atomic E-state index is 9.79. The van der Waals surface area contributed by atoms with Crippen molar-refractivity contribution in [1.82, 2.24) is 15.2 Å². The molecule has 4 heterocycles. The number of aromatic amines is 1. The molecule has 0 aliphatic carbocycles. The van der Waals surface area contributed by atoms with Crippen molar-refractivity contribution in [2.24, 2.45) is 5.73 Å². The molecule has 138 valence electrons. The first-order valence-electron chi connectivity index (χ1n) is 8.32. The van der Waals surface area contributed by atoms with Gasteiger partial charge in [0, 0.05) is 29.0 Å². The Morgan fingerprint density at radius 1 is 1.29 bits per heavy atom. The third-order valence-electron chi connectivity index (χ3n) is 4.69. The van der Waals surface area contributed by atoms with E-state index in [4.69, 9.17) is 31.5 Å². The Morgan fingerprint density at radius 2 is 2.11 bits per heavy atom. The van der Waals surface area contributed by atoms with E-state index in [2.05, 4.69) is 21.3 Å². The summed E-state index contributed by atoms with van der Waals surface area (Å²) in [4.78, 5) is 4.15. The average Bonchev–Trinajstić information content (AvgIpc) is 3.33. The normalized spacial score (nSPS) is 17.1. The first kappa shape index (κ1) is 16.5. The zero-order valence-corrected chi connectivity index (χ0v) is 15.0. The third-order valence-corrected chi connectivity index (χ3v) is 5.02. The van der Waals surface area contributed by atoms with Gasteiger partial charge in [0.2, 0.25) is 18.6 Å². The molecule has 0 spiro atoms. The summed E-state index contributed by atoms with van der Waals surface area (Å²) in [5, 5.41) is 17.4. The summed E-state index contributed by atoms with van der Waals surface area (Å²) in [6, 6.07) is 9.27. The van der Waals surface area contributed by atoms with E-state index < -0.39 is 5.92 Å². The fourth-order valence-corrected chi connectivity index (χ4v) is 3.70. The number of fused-ring (bicyclic) bond motifs is 2. The highest BCUT2D eigenvalue weighted by Gasteiger charge is 2.37. The highest BCUT2D eigenvalue weighted by Crippen LogP contribution is 2.49. The second-order valence-electron chi connectivity index (χ2n) is 6.21. The van der Waals surface area contributed by atoms with Gasteiger partial charge in [-0.15, -0.1) is 5.10 Å². The Morgan fingerprint density at radius 3 is 2.86 bits per heavy atom. The van der Waals surface area contributed by atoms with Gasteiger partial charge in [-0.05, 0) is 23.8 Å². The van der Waals surface area contributed by atoms with E-state index in [1.165, 1.54) is 0 Å². The zero-order chi connectivity index (χ0) is 19.3. The van der Waals surface area contributed by atoms with Crippen molar-refractivity contribution in [3.63, 3.8) is 0 Å². The van der Waals surface area contributed by atoms with Crippen molar-refractivity contribution in [1.29, 1.82) is 5.26 Å². The molecule has 1 aromatic carbocycles. The van der Waals surface area contributed by atoms with Crippen LogP contribution in [0.2, 0.25) is 5.02 Å². The second-order valence-corrected chi connectivity index (χ2v) is 6.62. The summed E-state index contributed by atoms with van der Waals surface area (Å²) in [6.07, 6.45) is 3.37. The second kappa shape index (κ2) is 6.18. The number of nitriles is 1. The Balaban J connectivity index is 1.76. The molecular weight excluding hydrogens is 382 g/mol. The molecule has 0 fully saturated rings. The fourth-order valence-electron chi connectivity index (χ4n) is 3.44. The third kappa shape index (κ3) is 2.37. The molecule has 28 heavy (non-hydrogen) atoms. The molecule has 0 bridgehead atoms. The maximum Gasteiger partial charge on any atom is 0.244 e. The summed E-state index contributed by atoms with van der Waals surface area (Å²) in [5.74, 6) is 0.780. The number of nitrogens with zero attached hydrogens (tertiary/aromatic N) is 3. The van der Waals surface area contributed by atoms with Gasteiger partial charge >= 0.3 is 0 Å². The molecule has 0 amide bonds. The lowest BCUT2D eigenvalue weighted by atomic mass is 9.83. The van der Waals surface area contributed by atoms with Crippen LogP contribution in [0.1, 0.15) is 17.0 Å². The first-order chi connectivity index (χ1) is 13.7. The monoisotopic (exact) mass is 393 g/mol. The van der Waals surface area contributed by atoms with Gasteiger partial charge < -0.3 is 19.9 Å². The molecule has 1 atom stereocenters. The van der Waals surface area contributed by atoms with Gasteiger partial charge in [0.05, 0.1) is 17.2 Å². The summed E-state index contributed by atoms with van der Waals surface area (Å²) < 4.78 is 16.5. The van der Waals surface area contributed by atoms with E-state index in [1.54, 1.807) is 24.5 Å². The molecule has 0 radical (unpaired) electrons. The molecule has 9 heteroatoms. The summed E-state index contributed by atoms with van der Waals surface area (Å²) in [5.41, 5.74) is 9.00. The highest BCUT2D eigenvalue weighted by molar-refractivity contribution is 6.31. The van der Waals surface area contributed by atoms with E-state index in [0.717, 1.165) is 5.56 Å². The van der Waals surface area contributed by atoms with Crippen LogP contribution in [0.25, 0.3) is 11.3 Å². The number of hydrogen-bond donors (Lipinski definition) is 2. The number of halogens is 1. The quantitative estimate of drug-likeness (QED) is 0.686. The molecule has 8 nitrogen and oxygen atoms in total. The van der Waals surface area contributed by atoms with Crippen LogP contribution in [0.4, 0.5) is 0 Å². The van der Waals surface area contributed by atoms with Crippen molar-refractivity contribution >= 4 is 11.6 Å². The average molecular weight is 394 g/mol. The van der Waals surface area contributed by atoms with Crippen LogP contribution in [-0.4, -0.2) is 22.0 Å². The number of benzene rings is 1. The molecule has 3 N–H and O–H groups in total. The smallest absolute Gasteiger partial charge is 0.244 e. The van der Waals surface area contributed by atoms with Gasteiger partial charge in [-0.2, -0.15) is 5.26 Å². The number of hydrogen-bond acceptors (Lipinski definition) is 7. The summed E-state index contributed by atoms with van der Waals surface area (Å²) in [7, 11) is 0. The van der Waals surface area contributed by atoms with E-state index in [0.29, 0.717) is 33.3 Å². The van der Waals surface area contributed by atoms with E-state index in [-0.39, 0.29) is 24.1 Å². The molecule has 0 saturated heterocycles. The number of allylic oxidation sites excluding steroid dienone is 1.